The molecule has 0 bridgehead atoms. The van der Waals surface area contributed by atoms with Crippen LogP contribution in [-0.4, -0.2) is 27.6 Å². The number of methoxy groups -OCH3 is 2. The van der Waals surface area contributed by atoms with E-state index in [4.69, 9.17) is 31.5 Å². The number of ether oxygens (including phenoxy) is 3. The van der Waals surface area contributed by atoms with Crippen LogP contribution in [0.1, 0.15) is 5.56 Å². The van der Waals surface area contributed by atoms with E-state index in [0.717, 1.165) is 5.56 Å². The summed E-state index contributed by atoms with van der Waals surface area (Å²) in [6.07, 6.45) is 0.677. The predicted molar refractivity (Wildman–Crippen MR) is 63.3 cm³/mol. The van der Waals surface area contributed by atoms with Crippen LogP contribution in [0.25, 0.3) is 0 Å². The van der Waals surface area contributed by atoms with Crippen molar-refractivity contribution in [3.63, 3.8) is 0 Å². The van der Waals surface area contributed by atoms with E-state index in [-0.39, 0.29) is 6.79 Å². The van der Waals surface area contributed by atoms with E-state index in [1.807, 2.05) is 6.07 Å². The van der Waals surface area contributed by atoms with Crippen LogP contribution in [0.2, 0.25) is 5.02 Å². The number of rotatable bonds is 6. The van der Waals surface area contributed by atoms with E-state index >= 15 is 0 Å². The maximum absolute atomic E-state index is 5.96. The van der Waals surface area contributed by atoms with Crippen LogP contribution < -0.4 is 15.2 Å². The molecule has 5 heteroatoms. The van der Waals surface area contributed by atoms with Crippen molar-refractivity contribution in [2.75, 3.05) is 27.6 Å². The van der Waals surface area contributed by atoms with Crippen molar-refractivity contribution in [1.82, 2.24) is 0 Å². The van der Waals surface area contributed by atoms with E-state index in [2.05, 4.69) is 0 Å². The van der Waals surface area contributed by atoms with Gasteiger partial charge < -0.3 is 19.9 Å². The first kappa shape index (κ1) is 13.1. The molecule has 0 fully saturated rings. The topological polar surface area (TPSA) is 53.7 Å². The van der Waals surface area contributed by atoms with E-state index in [0.29, 0.717) is 29.5 Å². The summed E-state index contributed by atoms with van der Waals surface area (Å²) in [7, 11) is 3.13. The van der Waals surface area contributed by atoms with Gasteiger partial charge in [-0.2, -0.15) is 0 Å². The highest BCUT2D eigenvalue weighted by molar-refractivity contribution is 6.30. The van der Waals surface area contributed by atoms with Gasteiger partial charge in [0, 0.05) is 23.8 Å². The minimum absolute atomic E-state index is 0.162. The molecule has 0 saturated carbocycles. The highest BCUT2D eigenvalue weighted by Gasteiger charge is 2.12. The molecule has 0 unspecified atom stereocenters. The molecule has 0 atom stereocenters. The molecule has 0 amide bonds. The fourth-order valence-electron chi connectivity index (χ4n) is 1.40. The molecule has 1 aromatic carbocycles. The van der Waals surface area contributed by atoms with Crippen molar-refractivity contribution in [2.45, 2.75) is 6.42 Å². The number of hydrogen-bond acceptors (Lipinski definition) is 4. The van der Waals surface area contributed by atoms with Crippen molar-refractivity contribution in [3.05, 3.63) is 22.7 Å². The molecule has 0 saturated heterocycles. The molecule has 0 aromatic heterocycles. The first-order valence-electron chi connectivity index (χ1n) is 4.91. The first-order valence-corrected chi connectivity index (χ1v) is 5.29. The molecule has 0 aliphatic heterocycles. The Kier molecular flexibility index (Phi) is 5.38. The van der Waals surface area contributed by atoms with Gasteiger partial charge in [0.2, 0.25) is 0 Å². The molecular formula is C11H16ClNO3. The van der Waals surface area contributed by atoms with Crippen LogP contribution in [0.15, 0.2) is 12.1 Å². The summed E-state index contributed by atoms with van der Waals surface area (Å²) in [5.41, 5.74) is 6.45. The molecule has 0 radical (unpaired) electrons. The third kappa shape index (κ3) is 3.27. The van der Waals surface area contributed by atoms with Crippen LogP contribution in [0, 0.1) is 0 Å². The minimum Gasteiger partial charge on any atom is -0.493 e. The zero-order valence-corrected chi connectivity index (χ0v) is 10.2. The van der Waals surface area contributed by atoms with Crippen molar-refractivity contribution in [1.29, 1.82) is 0 Å². The third-order valence-electron chi connectivity index (χ3n) is 2.05. The van der Waals surface area contributed by atoms with Gasteiger partial charge in [0.25, 0.3) is 0 Å². The molecule has 0 aliphatic rings. The van der Waals surface area contributed by atoms with Gasteiger partial charge in [-0.25, -0.2) is 0 Å². The normalized spacial score (nSPS) is 10.2. The van der Waals surface area contributed by atoms with Gasteiger partial charge in [0.1, 0.15) is 0 Å². The second-order valence-electron chi connectivity index (χ2n) is 3.19. The highest BCUT2D eigenvalue weighted by atomic mass is 35.5. The molecule has 16 heavy (non-hydrogen) atoms. The maximum atomic E-state index is 5.96. The van der Waals surface area contributed by atoms with Gasteiger partial charge in [0.05, 0.1) is 7.11 Å². The third-order valence-corrected chi connectivity index (χ3v) is 2.27. The van der Waals surface area contributed by atoms with Crippen molar-refractivity contribution in [2.24, 2.45) is 5.73 Å². The van der Waals surface area contributed by atoms with E-state index in [1.54, 1.807) is 20.3 Å². The van der Waals surface area contributed by atoms with Crippen molar-refractivity contribution >= 4 is 11.6 Å². The summed E-state index contributed by atoms with van der Waals surface area (Å²) in [5, 5.41) is 0.602. The van der Waals surface area contributed by atoms with Crippen LogP contribution in [0.5, 0.6) is 11.5 Å². The number of hydrogen-bond donors (Lipinski definition) is 1. The van der Waals surface area contributed by atoms with Crippen LogP contribution >= 0.6 is 11.6 Å². The van der Waals surface area contributed by atoms with Gasteiger partial charge in [-0.1, -0.05) is 11.6 Å². The second kappa shape index (κ2) is 6.58. The first-order chi connectivity index (χ1) is 7.72. The number of benzene rings is 1. The molecule has 2 N–H and O–H groups in total. The fourth-order valence-corrected chi connectivity index (χ4v) is 1.63. The molecule has 0 aliphatic carbocycles. The lowest BCUT2D eigenvalue weighted by Crippen LogP contribution is -2.08. The highest BCUT2D eigenvalue weighted by Crippen LogP contribution is 2.34. The summed E-state index contributed by atoms with van der Waals surface area (Å²) >= 11 is 5.96. The summed E-state index contributed by atoms with van der Waals surface area (Å²) in [6.45, 7) is 0.683. The summed E-state index contributed by atoms with van der Waals surface area (Å²) in [4.78, 5) is 0. The van der Waals surface area contributed by atoms with Crippen molar-refractivity contribution in [3.8, 4) is 11.5 Å². The van der Waals surface area contributed by atoms with Gasteiger partial charge in [-0.05, 0) is 19.0 Å². The Morgan fingerprint density at radius 3 is 2.62 bits per heavy atom. The number of halogens is 1. The van der Waals surface area contributed by atoms with Crippen molar-refractivity contribution < 1.29 is 14.2 Å². The zero-order valence-electron chi connectivity index (χ0n) is 9.46. The molecule has 0 spiro atoms. The monoisotopic (exact) mass is 245 g/mol. The lowest BCUT2D eigenvalue weighted by Gasteiger charge is -2.14. The Hall–Kier alpha value is -0.970. The Morgan fingerprint density at radius 2 is 2.06 bits per heavy atom. The van der Waals surface area contributed by atoms with E-state index in [9.17, 15) is 0 Å². The Bertz CT molecular complexity index is 344. The average molecular weight is 246 g/mol. The molecule has 1 rings (SSSR count). The minimum atomic E-state index is 0.162. The zero-order chi connectivity index (χ0) is 12.0. The maximum Gasteiger partial charge on any atom is 0.188 e. The Balaban J connectivity index is 3.05. The smallest absolute Gasteiger partial charge is 0.188 e. The predicted octanol–water partition coefficient (Wildman–Crippen LogP) is 1.83. The molecule has 4 nitrogen and oxygen atoms in total. The van der Waals surface area contributed by atoms with E-state index < -0.39 is 0 Å². The number of nitrogens with two attached hydrogens (primary N) is 1. The molecular weight excluding hydrogens is 230 g/mol. The average Bonchev–Trinajstić information content (AvgIpc) is 2.27. The summed E-state index contributed by atoms with van der Waals surface area (Å²) in [6, 6.07) is 3.52. The molecule has 90 valence electrons. The van der Waals surface area contributed by atoms with Gasteiger partial charge in [-0.15, -0.1) is 0 Å². The largest absolute Gasteiger partial charge is 0.493 e. The second-order valence-corrected chi connectivity index (χ2v) is 3.62. The van der Waals surface area contributed by atoms with Gasteiger partial charge >= 0.3 is 0 Å². The van der Waals surface area contributed by atoms with E-state index in [1.165, 1.54) is 0 Å². The molecule has 0 heterocycles. The quantitative estimate of drug-likeness (QED) is 0.777. The standard InChI is InChI=1S/C11H16ClNO3/c1-14-7-16-11-8(3-4-13)5-9(12)6-10(11)15-2/h5-6H,3-4,7,13H2,1-2H3. The Morgan fingerprint density at radius 1 is 1.31 bits per heavy atom. The van der Waals surface area contributed by atoms with Gasteiger partial charge in [0.15, 0.2) is 18.3 Å². The molecule has 1 aromatic rings. The van der Waals surface area contributed by atoms with Crippen LogP contribution in [0.4, 0.5) is 0 Å². The summed E-state index contributed by atoms with van der Waals surface area (Å²) in [5.74, 6) is 1.23. The SMILES string of the molecule is COCOc1c(CCN)cc(Cl)cc1OC. The summed E-state index contributed by atoms with van der Waals surface area (Å²) < 4.78 is 15.5. The lowest BCUT2D eigenvalue weighted by molar-refractivity contribution is 0.0484. The van der Waals surface area contributed by atoms with Crippen LogP contribution in [-0.2, 0) is 11.2 Å². The van der Waals surface area contributed by atoms with Gasteiger partial charge in [-0.3, -0.25) is 0 Å². The Labute approximate surface area is 100 Å². The van der Waals surface area contributed by atoms with Crippen LogP contribution in [0.3, 0.4) is 0 Å². The fraction of sp³-hybridized carbons (Fsp3) is 0.455. The lowest BCUT2D eigenvalue weighted by atomic mass is 10.1.